The van der Waals surface area contributed by atoms with Crippen LogP contribution in [0.25, 0.3) is 0 Å². The lowest BCUT2D eigenvalue weighted by atomic mass is 10.2. The second-order valence-electron chi connectivity index (χ2n) is 1.95. The summed E-state index contributed by atoms with van der Waals surface area (Å²) in [6.45, 7) is 0.479. The average Bonchev–Trinajstić information content (AvgIpc) is 1.95. The number of hydrogen-bond acceptors (Lipinski definition) is 2. The highest BCUT2D eigenvalue weighted by atomic mass is 127. The molecule has 0 bridgehead atoms. The summed E-state index contributed by atoms with van der Waals surface area (Å²) >= 11 is 2.07. The summed E-state index contributed by atoms with van der Waals surface area (Å²) in [5, 5.41) is 9.17. The van der Waals surface area contributed by atoms with Crippen molar-refractivity contribution in [3.63, 3.8) is 0 Å². The van der Waals surface area contributed by atoms with Crippen LogP contribution in [0.3, 0.4) is 0 Å². The van der Waals surface area contributed by atoms with E-state index in [-0.39, 0.29) is 12.4 Å². The first-order valence-corrected chi connectivity index (χ1v) is 4.00. The Morgan fingerprint density at radius 3 is 2.55 bits per heavy atom. The van der Waals surface area contributed by atoms with Crippen molar-refractivity contribution in [2.45, 2.75) is 6.54 Å². The van der Waals surface area contributed by atoms with E-state index in [0.29, 0.717) is 12.3 Å². The maximum Gasteiger partial charge on any atom is 0.129 e. The van der Waals surface area contributed by atoms with Crippen LogP contribution in [-0.2, 0) is 6.54 Å². The van der Waals surface area contributed by atoms with Gasteiger partial charge in [-0.15, -0.1) is 12.4 Å². The molecule has 0 amide bonds. The Bertz CT molecular complexity index is 242. The van der Waals surface area contributed by atoms with Crippen LogP contribution in [0.2, 0.25) is 0 Å². The SMILES string of the molecule is Cl.NCc1cccc(O)c1I. The molecule has 0 fully saturated rings. The van der Waals surface area contributed by atoms with E-state index in [1.165, 1.54) is 0 Å². The zero-order valence-electron chi connectivity index (χ0n) is 5.75. The van der Waals surface area contributed by atoms with E-state index in [4.69, 9.17) is 10.8 Å². The van der Waals surface area contributed by atoms with E-state index >= 15 is 0 Å². The van der Waals surface area contributed by atoms with Crippen molar-refractivity contribution < 1.29 is 5.11 Å². The van der Waals surface area contributed by atoms with E-state index in [2.05, 4.69) is 22.6 Å². The number of nitrogens with two attached hydrogens (primary N) is 1. The third-order valence-electron chi connectivity index (χ3n) is 1.28. The molecule has 0 unspecified atom stereocenters. The van der Waals surface area contributed by atoms with Gasteiger partial charge in [-0.1, -0.05) is 12.1 Å². The number of phenols is 1. The summed E-state index contributed by atoms with van der Waals surface area (Å²) in [5.74, 6) is 0.309. The standard InChI is InChI=1S/C7H8INO.ClH/c8-7-5(4-9)2-1-3-6(7)10;/h1-3,10H,4,9H2;1H. The molecule has 0 aliphatic rings. The highest BCUT2D eigenvalue weighted by Gasteiger charge is 2.00. The van der Waals surface area contributed by atoms with E-state index in [0.717, 1.165) is 9.13 Å². The summed E-state index contributed by atoms with van der Waals surface area (Å²) in [6, 6.07) is 5.35. The van der Waals surface area contributed by atoms with Crippen molar-refractivity contribution in [3.05, 3.63) is 27.3 Å². The molecule has 4 heteroatoms. The summed E-state index contributed by atoms with van der Waals surface area (Å²) < 4.78 is 0.850. The van der Waals surface area contributed by atoms with Crippen LogP contribution in [0.15, 0.2) is 18.2 Å². The van der Waals surface area contributed by atoms with Gasteiger partial charge in [0.15, 0.2) is 0 Å². The van der Waals surface area contributed by atoms with Gasteiger partial charge in [0.2, 0.25) is 0 Å². The van der Waals surface area contributed by atoms with Gasteiger partial charge in [0.25, 0.3) is 0 Å². The molecule has 0 radical (unpaired) electrons. The quantitative estimate of drug-likeness (QED) is 0.774. The fourth-order valence-electron chi connectivity index (χ4n) is 0.724. The van der Waals surface area contributed by atoms with Gasteiger partial charge in [-0.2, -0.15) is 0 Å². The summed E-state index contributed by atoms with van der Waals surface area (Å²) in [6.07, 6.45) is 0. The first-order valence-electron chi connectivity index (χ1n) is 2.92. The van der Waals surface area contributed by atoms with E-state index in [9.17, 15) is 0 Å². The minimum Gasteiger partial charge on any atom is -0.507 e. The van der Waals surface area contributed by atoms with Crippen LogP contribution < -0.4 is 5.73 Å². The molecule has 11 heavy (non-hydrogen) atoms. The molecule has 0 aliphatic carbocycles. The number of rotatable bonds is 1. The lowest BCUT2D eigenvalue weighted by molar-refractivity contribution is 0.470. The Morgan fingerprint density at radius 1 is 1.45 bits per heavy atom. The van der Waals surface area contributed by atoms with E-state index in [1.807, 2.05) is 6.07 Å². The predicted octanol–water partition coefficient (Wildman–Crippen LogP) is 1.88. The fraction of sp³-hybridized carbons (Fsp3) is 0.143. The first kappa shape index (κ1) is 11.0. The van der Waals surface area contributed by atoms with Crippen LogP contribution in [0.5, 0.6) is 5.75 Å². The molecule has 1 aromatic rings. The third kappa shape index (κ3) is 2.50. The van der Waals surface area contributed by atoms with Gasteiger partial charge in [-0.3, -0.25) is 0 Å². The Balaban J connectivity index is 0.000001000. The molecule has 3 N–H and O–H groups in total. The lowest BCUT2D eigenvalue weighted by Crippen LogP contribution is -1.98. The molecule has 0 heterocycles. The Kier molecular flexibility index (Phi) is 4.79. The molecule has 0 spiro atoms. The van der Waals surface area contributed by atoms with Crippen molar-refractivity contribution in [3.8, 4) is 5.75 Å². The topological polar surface area (TPSA) is 46.2 Å². The molecule has 0 aliphatic heterocycles. The highest BCUT2D eigenvalue weighted by molar-refractivity contribution is 14.1. The lowest BCUT2D eigenvalue weighted by Gasteiger charge is -2.01. The average molecular weight is 286 g/mol. The molecule has 1 rings (SSSR count). The van der Waals surface area contributed by atoms with Crippen LogP contribution in [0, 0.1) is 3.57 Å². The Labute approximate surface area is 85.3 Å². The minimum atomic E-state index is 0. The van der Waals surface area contributed by atoms with Crippen LogP contribution in [-0.4, -0.2) is 5.11 Å². The molecule has 0 atom stereocenters. The van der Waals surface area contributed by atoms with Gasteiger partial charge in [-0.05, 0) is 34.2 Å². The van der Waals surface area contributed by atoms with Gasteiger partial charge in [0, 0.05) is 6.54 Å². The number of hydrogen-bond donors (Lipinski definition) is 2. The van der Waals surface area contributed by atoms with Crippen molar-refractivity contribution in [2.24, 2.45) is 5.73 Å². The van der Waals surface area contributed by atoms with E-state index < -0.39 is 0 Å². The van der Waals surface area contributed by atoms with Gasteiger partial charge >= 0.3 is 0 Å². The van der Waals surface area contributed by atoms with E-state index in [1.54, 1.807) is 12.1 Å². The van der Waals surface area contributed by atoms with Crippen molar-refractivity contribution in [1.29, 1.82) is 0 Å². The Hall–Kier alpha value is -0.000000000000000111. The fourth-order valence-corrected chi connectivity index (χ4v) is 1.30. The second-order valence-corrected chi connectivity index (χ2v) is 3.03. The minimum absolute atomic E-state index is 0. The van der Waals surface area contributed by atoms with Crippen LogP contribution in [0.1, 0.15) is 5.56 Å². The van der Waals surface area contributed by atoms with Gasteiger partial charge in [0.05, 0.1) is 3.57 Å². The second kappa shape index (κ2) is 4.79. The predicted molar refractivity (Wildman–Crippen MR) is 56.0 cm³/mol. The molecule has 0 saturated heterocycles. The van der Waals surface area contributed by atoms with Crippen molar-refractivity contribution in [2.75, 3.05) is 0 Å². The molecule has 1 aromatic carbocycles. The molecular formula is C7H9ClINO. The van der Waals surface area contributed by atoms with Crippen molar-refractivity contribution >= 4 is 35.0 Å². The molecule has 2 nitrogen and oxygen atoms in total. The largest absolute Gasteiger partial charge is 0.507 e. The van der Waals surface area contributed by atoms with Crippen molar-refractivity contribution in [1.82, 2.24) is 0 Å². The van der Waals surface area contributed by atoms with Gasteiger partial charge in [0.1, 0.15) is 5.75 Å². The number of benzene rings is 1. The normalized spacial score (nSPS) is 8.91. The zero-order valence-corrected chi connectivity index (χ0v) is 8.72. The zero-order chi connectivity index (χ0) is 7.56. The highest BCUT2D eigenvalue weighted by Crippen LogP contribution is 2.21. The Morgan fingerprint density at radius 2 is 2.09 bits per heavy atom. The molecule has 0 saturated carbocycles. The maximum atomic E-state index is 9.17. The molecule has 0 aromatic heterocycles. The molecule has 62 valence electrons. The summed E-state index contributed by atoms with van der Waals surface area (Å²) in [7, 11) is 0. The van der Waals surface area contributed by atoms with Gasteiger partial charge in [-0.25, -0.2) is 0 Å². The van der Waals surface area contributed by atoms with Gasteiger partial charge < -0.3 is 10.8 Å². The summed E-state index contributed by atoms with van der Waals surface area (Å²) in [5.41, 5.74) is 6.39. The third-order valence-corrected chi connectivity index (χ3v) is 2.52. The summed E-state index contributed by atoms with van der Waals surface area (Å²) in [4.78, 5) is 0. The number of aromatic hydroxyl groups is 1. The maximum absolute atomic E-state index is 9.17. The number of phenolic OH excluding ortho intramolecular Hbond substituents is 1. The van der Waals surface area contributed by atoms with Crippen LogP contribution in [0.4, 0.5) is 0 Å². The first-order chi connectivity index (χ1) is 4.75. The van der Waals surface area contributed by atoms with Crippen LogP contribution >= 0.6 is 35.0 Å². The molecular weight excluding hydrogens is 276 g/mol. The number of halogens is 2. The monoisotopic (exact) mass is 285 g/mol. The smallest absolute Gasteiger partial charge is 0.129 e.